The van der Waals surface area contributed by atoms with E-state index < -0.39 is 11.9 Å². The Balaban J connectivity index is 1.89. The molecule has 0 spiro atoms. The molecular weight excluding hydrogens is 270 g/mol. The number of hydrogen-bond acceptors (Lipinski definition) is 4. The van der Waals surface area contributed by atoms with Crippen molar-refractivity contribution in [1.82, 2.24) is 25.4 Å². The van der Waals surface area contributed by atoms with Crippen LogP contribution in [0.1, 0.15) is 56.0 Å². The first-order valence-electron chi connectivity index (χ1n) is 7.62. The molecule has 0 aromatic carbocycles. The van der Waals surface area contributed by atoms with Crippen molar-refractivity contribution in [3.05, 3.63) is 11.6 Å². The van der Waals surface area contributed by atoms with E-state index in [1.54, 1.807) is 6.92 Å². The first-order chi connectivity index (χ1) is 10.1. The molecule has 2 heterocycles. The van der Waals surface area contributed by atoms with Gasteiger partial charge in [0.2, 0.25) is 11.7 Å². The third-order valence-electron chi connectivity index (χ3n) is 3.61. The molecule has 116 valence electrons. The summed E-state index contributed by atoms with van der Waals surface area (Å²) in [4.78, 5) is 30.2. The van der Waals surface area contributed by atoms with Crippen LogP contribution in [-0.4, -0.2) is 51.0 Å². The molecule has 0 aliphatic carbocycles. The number of nitrogens with zero attached hydrogens (tertiary/aromatic N) is 3. The van der Waals surface area contributed by atoms with Gasteiger partial charge in [-0.1, -0.05) is 6.92 Å². The number of nitrogens with one attached hydrogen (secondary N) is 2. The molecule has 1 aromatic heterocycles. The zero-order valence-corrected chi connectivity index (χ0v) is 12.7. The molecule has 0 radical (unpaired) electrons. The van der Waals surface area contributed by atoms with E-state index in [-0.39, 0.29) is 11.7 Å². The topological polar surface area (TPSA) is 91.0 Å². The van der Waals surface area contributed by atoms with E-state index in [4.69, 9.17) is 0 Å². The van der Waals surface area contributed by atoms with Gasteiger partial charge in [-0.05, 0) is 32.6 Å². The molecule has 0 bridgehead atoms. The smallest absolute Gasteiger partial charge is 0.291 e. The summed E-state index contributed by atoms with van der Waals surface area (Å²) in [5, 5.41) is 9.30. The van der Waals surface area contributed by atoms with E-state index in [9.17, 15) is 9.59 Å². The monoisotopic (exact) mass is 293 g/mol. The van der Waals surface area contributed by atoms with Crippen molar-refractivity contribution in [2.24, 2.45) is 0 Å². The maximum Gasteiger partial charge on any atom is 0.291 e. The number of aromatic nitrogens is 3. The molecule has 1 aliphatic heterocycles. The highest BCUT2D eigenvalue weighted by Crippen LogP contribution is 2.10. The van der Waals surface area contributed by atoms with Gasteiger partial charge in [0.05, 0.1) is 0 Å². The number of rotatable bonds is 5. The van der Waals surface area contributed by atoms with Gasteiger partial charge in [-0.2, -0.15) is 0 Å². The summed E-state index contributed by atoms with van der Waals surface area (Å²) in [6.07, 6.45) is 4.92. The number of aryl methyl sites for hydroxylation is 1. The fourth-order valence-corrected chi connectivity index (χ4v) is 2.46. The van der Waals surface area contributed by atoms with Crippen LogP contribution in [0.2, 0.25) is 0 Å². The number of aromatic amines is 1. The maximum absolute atomic E-state index is 12.2. The second kappa shape index (κ2) is 7.19. The highest BCUT2D eigenvalue weighted by Gasteiger charge is 2.24. The van der Waals surface area contributed by atoms with Gasteiger partial charge >= 0.3 is 0 Å². The van der Waals surface area contributed by atoms with E-state index >= 15 is 0 Å². The fraction of sp³-hybridized carbons (Fsp3) is 0.714. The largest absolute Gasteiger partial charge is 0.341 e. The first kappa shape index (κ1) is 15.5. The third-order valence-corrected chi connectivity index (χ3v) is 3.61. The Morgan fingerprint density at radius 3 is 2.71 bits per heavy atom. The molecule has 1 aliphatic rings. The van der Waals surface area contributed by atoms with E-state index in [1.807, 2.05) is 11.8 Å². The highest BCUT2D eigenvalue weighted by molar-refractivity contribution is 5.94. The molecule has 2 amide bonds. The van der Waals surface area contributed by atoms with Gasteiger partial charge in [0, 0.05) is 19.5 Å². The number of piperidine rings is 1. The van der Waals surface area contributed by atoms with Crippen molar-refractivity contribution in [3.8, 4) is 0 Å². The summed E-state index contributed by atoms with van der Waals surface area (Å²) in [5.74, 6) is 0.341. The van der Waals surface area contributed by atoms with E-state index in [0.717, 1.165) is 38.8 Å². The lowest BCUT2D eigenvalue weighted by atomic mass is 10.1. The SMILES string of the molecule is CCCc1nc(C(=O)NC(C)C(=O)N2CCCCC2)n[nH]1. The van der Waals surface area contributed by atoms with E-state index in [1.165, 1.54) is 6.42 Å². The van der Waals surface area contributed by atoms with Crippen molar-refractivity contribution < 1.29 is 9.59 Å². The summed E-state index contributed by atoms with van der Waals surface area (Å²) in [6.45, 7) is 5.29. The van der Waals surface area contributed by atoms with Crippen molar-refractivity contribution in [2.75, 3.05) is 13.1 Å². The van der Waals surface area contributed by atoms with Crippen LogP contribution < -0.4 is 5.32 Å². The van der Waals surface area contributed by atoms with Crippen LogP contribution in [0.15, 0.2) is 0 Å². The van der Waals surface area contributed by atoms with Crippen LogP contribution in [0.5, 0.6) is 0 Å². The van der Waals surface area contributed by atoms with Crippen LogP contribution in [0.3, 0.4) is 0 Å². The number of carbonyl (C=O) groups excluding carboxylic acids is 2. The van der Waals surface area contributed by atoms with Gasteiger partial charge < -0.3 is 10.2 Å². The number of hydrogen-bond donors (Lipinski definition) is 2. The van der Waals surface area contributed by atoms with Crippen LogP contribution in [-0.2, 0) is 11.2 Å². The molecule has 1 unspecified atom stereocenters. The Hall–Kier alpha value is -1.92. The van der Waals surface area contributed by atoms with Crippen LogP contribution in [0.25, 0.3) is 0 Å². The first-order valence-corrected chi connectivity index (χ1v) is 7.62. The molecule has 1 saturated heterocycles. The minimum Gasteiger partial charge on any atom is -0.341 e. The molecule has 7 nitrogen and oxygen atoms in total. The average molecular weight is 293 g/mol. The molecule has 21 heavy (non-hydrogen) atoms. The minimum absolute atomic E-state index is 0.0348. The van der Waals surface area contributed by atoms with Crippen LogP contribution in [0.4, 0.5) is 0 Å². The summed E-state index contributed by atoms with van der Waals surface area (Å²) < 4.78 is 0. The second-order valence-corrected chi connectivity index (χ2v) is 5.44. The highest BCUT2D eigenvalue weighted by atomic mass is 16.2. The zero-order chi connectivity index (χ0) is 15.2. The number of amides is 2. The summed E-state index contributed by atoms with van der Waals surface area (Å²) in [5.41, 5.74) is 0. The summed E-state index contributed by atoms with van der Waals surface area (Å²) in [6, 6.07) is -0.552. The molecule has 1 aromatic rings. The van der Waals surface area contributed by atoms with Gasteiger partial charge in [0.15, 0.2) is 0 Å². The average Bonchev–Trinajstić information content (AvgIpc) is 2.96. The Morgan fingerprint density at radius 2 is 2.05 bits per heavy atom. The minimum atomic E-state index is -0.552. The molecule has 2 N–H and O–H groups in total. The van der Waals surface area contributed by atoms with Crippen molar-refractivity contribution in [3.63, 3.8) is 0 Å². The fourth-order valence-electron chi connectivity index (χ4n) is 2.46. The lowest BCUT2D eigenvalue weighted by molar-refractivity contribution is -0.133. The second-order valence-electron chi connectivity index (χ2n) is 5.44. The third kappa shape index (κ3) is 4.03. The van der Waals surface area contributed by atoms with Crippen molar-refractivity contribution in [1.29, 1.82) is 0 Å². The van der Waals surface area contributed by atoms with Gasteiger partial charge in [-0.15, -0.1) is 5.10 Å². The summed E-state index contributed by atoms with van der Waals surface area (Å²) >= 11 is 0. The van der Waals surface area contributed by atoms with Gasteiger partial charge in [0.1, 0.15) is 11.9 Å². The predicted molar refractivity (Wildman–Crippen MR) is 77.7 cm³/mol. The molecular formula is C14H23N5O2. The Morgan fingerprint density at radius 1 is 1.33 bits per heavy atom. The standard InChI is InChI=1S/C14H23N5O2/c1-3-7-11-16-12(18-17-11)13(20)15-10(2)14(21)19-8-5-4-6-9-19/h10H,3-9H2,1-2H3,(H,15,20)(H,16,17,18). The Kier molecular flexibility index (Phi) is 5.30. The molecule has 7 heteroatoms. The summed E-state index contributed by atoms with van der Waals surface area (Å²) in [7, 11) is 0. The van der Waals surface area contributed by atoms with Crippen molar-refractivity contribution in [2.45, 2.75) is 52.0 Å². The van der Waals surface area contributed by atoms with Crippen molar-refractivity contribution >= 4 is 11.8 Å². The lowest BCUT2D eigenvalue weighted by Gasteiger charge is -2.29. The Bertz CT molecular complexity index is 493. The molecule has 1 fully saturated rings. The van der Waals surface area contributed by atoms with E-state index in [0.29, 0.717) is 5.82 Å². The van der Waals surface area contributed by atoms with Gasteiger partial charge in [0.25, 0.3) is 5.91 Å². The van der Waals surface area contributed by atoms with E-state index in [2.05, 4.69) is 20.5 Å². The number of likely N-dealkylation sites (tertiary alicyclic amines) is 1. The predicted octanol–water partition coefficient (Wildman–Crippen LogP) is 0.888. The molecule has 0 saturated carbocycles. The lowest BCUT2D eigenvalue weighted by Crippen LogP contribution is -2.48. The molecule has 2 rings (SSSR count). The normalized spacial score (nSPS) is 16.6. The molecule has 1 atom stereocenters. The maximum atomic E-state index is 12.2. The van der Waals surface area contributed by atoms with Gasteiger partial charge in [-0.25, -0.2) is 4.98 Å². The zero-order valence-electron chi connectivity index (χ0n) is 12.7. The number of carbonyl (C=O) groups is 2. The quantitative estimate of drug-likeness (QED) is 0.843. The van der Waals surface area contributed by atoms with Gasteiger partial charge in [-0.3, -0.25) is 14.7 Å². The Labute approximate surface area is 124 Å². The number of H-pyrrole nitrogens is 1. The van der Waals surface area contributed by atoms with Crippen LogP contribution >= 0.6 is 0 Å². The van der Waals surface area contributed by atoms with Crippen LogP contribution in [0, 0.1) is 0 Å².